The zero-order valence-electron chi connectivity index (χ0n) is 15.6. The van der Waals surface area contributed by atoms with Crippen LogP contribution in [0.4, 0.5) is 19.0 Å². The summed E-state index contributed by atoms with van der Waals surface area (Å²) >= 11 is 6.00. The molecule has 0 spiro atoms. The van der Waals surface area contributed by atoms with Crippen molar-refractivity contribution in [1.29, 1.82) is 0 Å². The lowest BCUT2D eigenvalue weighted by Crippen LogP contribution is -2.14. The predicted octanol–water partition coefficient (Wildman–Crippen LogP) is 5.44. The van der Waals surface area contributed by atoms with Crippen LogP contribution in [0.5, 0.6) is 5.75 Å². The summed E-state index contributed by atoms with van der Waals surface area (Å²) < 4.78 is 70.7. The summed E-state index contributed by atoms with van der Waals surface area (Å²) in [4.78, 5) is 4.16. The molecule has 2 aromatic carbocycles. The van der Waals surface area contributed by atoms with Gasteiger partial charge in [-0.25, -0.2) is 13.4 Å². The molecule has 1 aromatic heterocycles. The van der Waals surface area contributed by atoms with Crippen LogP contribution in [0, 0.1) is 6.92 Å². The third kappa shape index (κ3) is 5.43. The lowest BCUT2D eigenvalue weighted by molar-refractivity contribution is -0.137. The molecule has 5 nitrogen and oxygen atoms in total. The second kappa shape index (κ2) is 8.53. The van der Waals surface area contributed by atoms with Gasteiger partial charge in [-0.05, 0) is 61.0 Å². The van der Waals surface area contributed by atoms with Crippen LogP contribution in [0.3, 0.4) is 0 Å². The summed E-state index contributed by atoms with van der Waals surface area (Å²) in [6.45, 7) is 1.70. The maximum absolute atomic E-state index is 12.6. The Hall–Kier alpha value is -2.78. The normalized spacial score (nSPS) is 11.9. The molecule has 0 unspecified atom stereocenters. The molecule has 3 aromatic rings. The predicted molar refractivity (Wildman–Crippen MR) is 107 cm³/mol. The summed E-state index contributed by atoms with van der Waals surface area (Å²) in [5.41, 5.74) is 0.355. The number of aromatic nitrogens is 1. The van der Waals surface area contributed by atoms with Gasteiger partial charge >= 0.3 is 6.18 Å². The maximum atomic E-state index is 12.6. The first-order valence-electron chi connectivity index (χ1n) is 8.59. The van der Waals surface area contributed by atoms with E-state index >= 15 is 0 Å². The lowest BCUT2D eigenvalue weighted by Gasteiger charge is -2.11. The van der Waals surface area contributed by atoms with E-state index in [1.807, 2.05) is 0 Å². The Bertz CT molecular complexity index is 1150. The molecule has 1 N–H and O–H groups in total. The molecule has 0 aliphatic carbocycles. The number of ether oxygens (including phenoxy) is 1. The number of alkyl halides is 3. The van der Waals surface area contributed by atoms with E-state index in [1.54, 1.807) is 25.1 Å². The van der Waals surface area contributed by atoms with E-state index in [2.05, 4.69) is 9.71 Å². The van der Waals surface area contributed by atoms with Gasteiger partial charge < -0.3 is 4.74 Å². The molecule has 0 atom stereocenters. The van der Waals surface area contributed by atoms with Crippen LogP contribution in [-0.4, -0.2) is 13.4 Å². The van der Waals surface area contributed by atoms with Crippen molar-refractivity contribution in [3.05, 3.63) is 82.5 Å². The Morgan fingerprint density at radius 2 is 1.77 bits per heavy atom. The molecule has 3 rings (SSSR count). The number of nitrogens with one attached hydrogen (secondary N) is 1. The van der Waals surface area contributed by atoms with Crippen LogP contribution in [-0.2, 0) is 22.8 Å². The monoisotopic (exact) mass is 456 g/mol. The standard InChI is InChI=1S/C20H16ClF3N2O3S/c1-13-5-10-17(11-18(13)21)30(27,28)26-19-4-2-3-15(25-19)12-29-16-8-6-14(7-9-16)20(22,23)24/h2-11H,12H2,1H3,(H,25,26). The average molecular weight is 457 g/mol. The van der Waals surface area contributed by atoms with Gasteiger partial charge in [0.05, 0.1) is 16.2 Å². The molecule has 0 saturated heterocycles. The summed E-state index contributed by atoms with van der Waals surface area (Å²) in [5, 5.41) is 0.324. The van der Waals surface area contributed by atoms with Gasteiger partial charge in [-0.1, -0.05) is 23.7 Å². The van der Waals surface area contributed by atoms with Crippen LogP contribution >= 0.6 is 11.6 Å². The van der Waals surface area contributed by atoms with Crippen molar-refractivity contribution < 1.29 is 26.3 Å². The zero-order valence-corrected chi connectivity index (χ0v) is 17.1. The van der Waals surface area contributed by atoms with Crippen LogP contribution in [0.1, 0.15) is 16.8 Å². The molecule has 0 aliphatic rings. The molecule has 30 heavy (non-hydrogen) atoms. The first-order valence-corrected chi connectivity index (χ1v) is 10.5. The number of aryl methyl sites for hydroxylation is 1. The van der Waals surface area contributed by atoms with Gasteiger partial charge in [-0.3, -0.25) is 4.72 Å². The Kier molecular flexibility index (Phi) is 6.23. The largest absolute Gasteiger partial charge is 0.487 e. The first kappa shape index (κ1) is 21.9. The molecular weight excluding hydrogens is 441 g/mol. The fraction of sp³-hybridized carbons (Fsp3) is 0.150. The number of anilines is 1. The molecule has 0 bridgehead atoms. The van der Waals surface area contributed by atoms with Crippen LogP contribution in [0.15, 0.2) is 65.6 Å². The highest BCUT2D eigenvalue weighted by Gasteiger charge is 2.30. The molecule has 1 heterocycles. The van der Waals surface area contributed by atoms with E-state index in [0.29, 0.717) is 10.7 Å². The summed E-state index contributed by atoms with van der Waals surface area (Å²) in [6, 6.07) is 13.3. The molecule has 0 saturated carbocycles. The zero-order chi connectivity index (χ0) is 21.9. The van der Waals surface area contributed by atoms with E-state index in [9.17, 15) is 21.6 Å². The van der Waals surface area contributed by atoms with E-state index in [0.717, 1.165) is 17.7 Å². The number of sulfonamides is 1. The van der Waals surface area contributed by atoms with Gasteiger partial charge in [0.25, 0.3) is 10.0 Å². The molecule has 158 valence electrons. The second-order valence-corrected chi connectivity index (χ2v) is 8.43. The molecule has 0 fully saturated rings. The minimum atomic E-state index is -4.42. The van der Waals surface area contributed by atoms with Gasteiger partial charge in [0.15, 0.2) is 0 Å². The summed E-state index contributed by atoms with van der Waals surface area (Å²) in [5.74, 6) is 0.297. The van der Waals surface area contributed by atoms with Gasteiger partial charge in [0.2, 0.25) is 0 Å². The van der Waals surface area contributed by atoms with Gasteiger partial charge in [0.1, 0.15) is 18.2 Å². The number of pyridine rings is 1. The molecule has 0 amide bonds. The van der Waals surface area contributed by atoms with E-state index in [4.69, 9.17) is 16.3 Å². The average Bonchev–Trinajstić information content (AvgIpc) is 2.68. The fourth-order valence-electron chi connectivity index (χ4n) is 2.45. The Morgan fingerprint density at radius 1 is 1.07 bits per heavy atom. The number of benzene rings is 2. The van der Waals surface area contributed by atoms with Crippen LogP contribution < -0.4 is 9.46 Å². The van der Waals surface area contributed by atoms with Crippen molar-refractivity contribution >= 4 is 27.4 Å². The van der Waals surface area contributed by atoms with E-state index in [-0.39, 0.29) is 23.1 Å². The summed E-state index contributed by atoms with van der Waals surface area (Å²) in [7, 11) is -3.90. The van der Waals surface area contributed by atoms with E-state index in [1.165, 1.54) is 30.3 Å². The lowest BCUT2D eigenvalue weighted by atomic mass is 10.2. The topological polar surface area (TPSA) is 68.3 Å². The quantitative estimate of drug-likeness (QED) is 0.536. The van der Waals surface area contributed by atoms with E-state index < -0.39 is 21.8 Å². The van der Waals surface area contributed by atoms with Crippen LogP contribution in [0.2, 0.25) is 5.02 Å². The Balaban J connectivity index is 1.69. The second-order valence-electron chi connectivity index (χ2n) is 6.34. The minimum absolute atomic E-state index is 0.00805. The third-order valence-corrected chi connectivity index (χ3v) is 5.83. The number of nitrogens with zero attached hydrogens (tertiary/aromatic N) is 1. The van der Waals surface area contributed by atoms with Crippen molar-refractivity contribution in [2.24, 2.45) is 0 Å². The van der Waals surface area contributed by atoms with Gasteiger partial charge in [-0.2, -0.15) is 13.2 Å². The number of hydrogen-bond acceptors (Lipinski definition) is 4. The van der Waals surface area contributed by atoms with Crippen molar-refractivity contribution in [3.8, 4) is 5.75 Å². The van der Waals surface area contributed by atoms with Crippen LogP contribution in [0.25, 0.3) is 0 Å². The molecule has 10 heteroatoms. The molecular formula is C20H16ClF3N2O3S. The summed E-state index contributed by atoms with van der Waals surface area (Å²) in [6.07, 6.45) is -4.42. The van der Waals surface area contributed by atoms with Crippen molar-refractivity contribution in [2.45, 2.75) is 24.6 Å². The molecule has 0 radical (unpaired) electrons. The fourth-order valence-corrected chi connectivity index (χ4v) is 3.72. The Morgan fingerprint density at radius 3 is 2.40 bits per heavy atom. The highest BCUT2D eigenvalue weighted by molar-refractivity contribution is 7.92. The Labute approximate surface area is 176 Å². The smallest absolute Gasteiger partial charge is 0.416 e. The minimum Gasteiger partial charge on any atom is -0.487 e. The highest BCUT2D eigenvalue weighted by atomic mass is 35.5. The van der Waals surface area contributed by atoms with Crippen molar-refractivity contribution in [1.82, 2.24) is 4.98 Å². The third-order valence-electron chi connectivity index (χ3n) is 4.07. The van der Waals surface area contributed by atoms with Crippen molar-refractivity contribution in [2.75, 3.05) is 4.72 Å². The highest BCUT2D eigenvalue weighted by Crippen LogP contribution is 2.30. The van der Waals surface area contributed by atoms with Gasteiger partial charge in [-0.15, -0.1) is 0 Å². The van der Waals surface area contributed by atoms with Gasteiger partial charge in [0, 0.05) is 5.02 Å². The SMILES string of the molecule is Cc1ccc(S(=O)(=O)Nc2cccc(COc3ccc(C(F)(F)F)cc3)n2)cc1Cl. The molecule has 0 aliphatic heterocycles. The maximum Gasteiger partial charge on any atom is 0.416 e. The first-order chi connectivity index (χ1) is 14.0. The number of rotatable bonds is 6. The number of hydrogen-bond donors (Lipinski definition) is 1. The van der Waals surface area contributed by atoms with Crippen molar-refractivity contribution in [3.63, 3.8) is 0 Å². The number of halogens is 4.